The Morgan fingerprint density at radius 1 is 1.12 bits per heavy atom. The summed E-state index contributed by atoms with van der Waals surface area (Å²) < 4.78 is 0. The number of hydrogen-bond donors (Lipinski definition) is 0. The molecule has 0 N–H and O–H groups in total. The molecule has 2 nitrogen and oxygen atoms in total. The molecule has 1 amide bonds. The molecule has 1 fully saturated rings. The van der Waals surface area contributed by atoms with Gasteiger partial charge in [0.2, 0.25) is 5.91 Å². The minimum Gasteiger partial charge on any atom is -0.340 e. The minimum absolute atomic E-state index is 0.335. The van der Waals surface area contributed by atoms with Crippen LogP contribution in [0.2, 0.25) is 0 Å². The summed E-state index contributed by atoms with van der Waals surface area (Å²) in [7, 11) is 0. The van der Waals surface area contributed by atoms with Gasteiger partial charge < -0.3 is 4.90 Å². The molecule has 0 aromatic heterocycles. The number of carbonyl (C=O) groups is 1. The lowest BCUT2D eigenvalue weighted by Gasteiger charge is -2.36. The Labute approximate surface area is 100 Å². The van der Waals surface area contributed by atoms with Gasteiger partial charge in [-0.25, -0.2) is 0 Å². The highest BCUT2D eigenvalue weighted by Crippen LogP contribution is 2.30. The van der Waals surface area contributed by atoms with E-state index >= 15 is 0 Å². The summed E-state index contributed by atoms with van der Waals surface area (Å²) in [6, 6.07) is 0.533. The average molecular weight is 225 g/mol. The summed E-state index contributed by atoms with van der Waals surface area (Å²) in [5.74, 6) is 1.26. The first kappa shape index (κ1) is 13.5. The predicted molar refractivity (Wildman–Crippen MR) is 68.3 cm³/mol. The molecule has 0 radical (unpaired) electrons. The maximum atomic E-state index is 11.8. The number of rotatable bonds is 5. The van der Waals surface area contributed by atoms with Gasteiger partial charge in [0.1, 0.15) is 0 Å². The quantitative estimate of drug-likeness (QED) is 0.700. The molecule has 0 aromatic rings. The predicted octanol–water partition coefficient (Wildman–Crippen LogP) is 3.60. The summed E-state index contributed by atoms with van der Waals surface area (Å²) in [5, 5.41) is 0. The fourth-order valence-electron chi connectivity index (χ4n) is 2.99. The Bertz CT molecular complexity index is 207. The highest BCUT2D eigenvalue weighted by atomic mass is 16.2. The largest absolute Gasteiger partial charge is 0.340 e. The molecular formula is C14H27NO. The van der Waals surface area contributed by atoms with Gasteiger partial charge in [-0.3, -0.25) is 4.79 Å². The van der Waals surface area contributed by atoms with Crippen molar-refractivity contribution in [3.63, 3.8) is 0 Å². The zero-order valence-electron chi connectivity index (χ0n) is 11.2. The van der Waals surface area contributed by atoms with Gasteiger partial charge in [-0.15, -0.1) is 0 Å². The number of carbonyl (C=O) groups excluding carboxylic acids is 1. The van der Waals surface area contributed by atoms with Crippen molar-refractivity contribution < 1.29 is 4.79 Å². The third-order valence-corrected chi connectivity index (χ3v) is 3.92. The molecule has 1 aliphatic carbocycles. The maximum Gasteiger partial charge on any atom is 0.222 e. The lowest BCUT2D eigenvalue weighted by molar-refractivity contribution is -0.133. The van der Waals surface area contributed by atoms with Crippen molar-refractivity contribution in [2.24, 2.45) is 5.92 Å². The molecular weight excluding hydrogens is 198 g/mol. The fraction of sp³-hybridized carbons (Fsp3) is 0.929. The summed E-state index contributed by atoms with van der Waals surface area (Å²) in [4.78, 5) is 13.9. The van der Waals surface area contributed by atoms with E-state index in [0.29, 0.717) is 18.4 Å². The van der Waals surface area contributed by atoms with Gasteiger partial charge in [-0.1, -0.05) is 26.7 Å². The van der Waals surface area contributed by atoms with E-state index in [-0.39, 0.29) is 0 Å². The van der Waals surface area contributed by atoms with E-state index in [4.69, 9.17) is 0 Å². The Hall–Kier alpha value is -0.530. The van der Waals surface area contributed by atoms with Crippen LogP contribution >= 0.6 is 0 Å². The van der Waals surface area contributed by atoms with Gasteiger partial charge in [-0.2, -0.15) is 0 Å². The molecule has 0 heterocycles. The van der Waals surface area contributed by atoms with Crippen LogP contribution in [0.15, 0.2) is 0 Å². The Morgan fingerprint density at radius 3 is 2.19 bits per heavy atom. The van der Waals surface area contributed by atoms with Gasteiger partial charge in [0.05, 0.1) is 0 Å². The number of amides is 1. The SMILES string of the molecule is CCCC1CCC(N(CC)C(=O)CC)CC1. The molecule has 0 aliphatic heterocycles. The van der Waals surface area contributed by atoms with E-state index in [2.05, 4.69) is 18.7 Å². The molecule has 0 unspecified atom stereocenters. The molecule has 94 valence electrons. The second kappa shape index (κ2) is 6.93. The van der Waals surface area contributed by atoms with Crippen molar-refractivity contribution >= 4 is 5.91 Å². The zero-order valence-corrected chi connectivity index (χ0v) is 11.2. The van der Waals surface area contributed by atoms with Crippen LogP contribution in [0, 0.1) is 5.92 Å². The van der Waals surface area contributed by atoms with Crippen LogP contribution in [0.1, 0.15) is 65.7 Å². The Morgan fingerprint density at radius 2 is 1.75 bits per heavy atom. The molecule has 1 aliphatic rings. The Balaban J connectivity index is 2.41. The first-order valence-corrected chi connectivity index (χ1v) is 7.02. The summed E-state index contributed by atoms with van der Waals surface area (Å²) >= 11 is 0. The van der Waals surface area contributed by atoms with Crippen LogP contribution in [0.25, 0.3) is 0 Å². The van der Waals surface area contributed by atoms with Crippen molar-refractivity contribution in [1.82, 2.24) is 4.90 Å². The second-order valence-corrected chi connectivity index (χ2v) is 5.00. The molecule has 0 bridgehead atoms. The molecule has 2 heteroatoms. The maximum absolute atomic E-state index is 11.8. The van der Waals surface area contributed by atoms with Gasteiger partial charge >= 0.3 is 0 Å². The highest BCUT2D eigenvalue weighted by molar-refractivity contribution is 5.76. The fourth-order valence-corrected chi connectivity index (χ4v) is 2.99. The van der Waals surface area contributed by atoms with Crippen molar-refractivity contribution in [2.45, 2.75) is 71.8 Å². The van der Waals surface area contributed by atoms with Crippen molar-refractivity contribution in [3.8, 4) is 0 Å². The van der Waals surface area contributed by atoms with E-state index in [9.17, 15) is 4.79 Å². The molecule has 0 atom stereocenters. The summed E-state index contributed by atoms with van der Waals surface area (Å²) in [5.41, 5.74) is 0. The van der Waals surface area contributed by atoms with Crippen LogP contribution in [0.4, 0.5) is 0 Å². The Kier molecular flexibility index (Phi) is 5.86. The van der Waals surface area contributed by atoms with Crippen molar-refractivity contribution in [2.75, 3.05) is 6.54 Å². The zero-order chi connectivity index (χ0) is 12.0. The van der Waals surface area contributed by atoms with Gasteiger partial charge in [0.15, 0.2) is 0 Å². The topological polar surface area (TPSA) is 20.3 Å². The first-order valence-electron chi connectivity index (χ1n) is 7.02. The van der Waals surface area contributed by atoms with E-state index in [1.54, 1.807) is 0 Å². The minimum atomic E-state index is 0.335. The van der Waals surface area contributed by atoms with E-state index in [0.717, 1.165) is 12.5 Å². The summed E-state index contributed by atoms with van der Waals surface area (Å²) in [6.45, 7) is 7.22. The van der Waals surface area contributed by atoms with Crippen LogP contribution in [-0.4, -0.2) is 23.4 Å². The lowest BCUT2D eigenvalue weighted by atomic mass is 9.83. The smallest absolute Gasteiger partial charge is 0.222 e. The summed E-state index contributed by atoms with van der Waals surface area (Å²) in [6.07, 6.45) is 8.44. The highest BCUT2D eigenvalue weighted by Gasteiger charge is 2.26. The molecule has 1 rings (SSSR count). The van der Waals surface area contributed by atoms with Gasteiger partial charge in [-0.05, 0) is 38.5 Å². The molecule has 0 spiro atoms. The van der Waals surface area contributed by atoms with Crippen LogP contribution in [-0.2, 0) is 4.79 Å². The third kappa shape index (κ3) is 3.50. The molecule has 0 aromatic carbocycles. The second-order valence-electron chi connectivity index (χ2n) is 5.00. The van der Waals surface area contributed by atoms with Crippen molar-refractivity contribution in [3.05, 3.63) is 0 Å². The number of hydrogen-bond acceptors (Lipinski definition) is 1. The van der Waals surface area contributed by atoms with Crippen LogP contribution in [0.5, 0.6) is 0 Å². The normalized spacial score (nSPS) is 25.4. The average Bonchev–Trinajstić information content (AvgIpc) is 2.32. The monoisotopic (exact) mass is 225 g/mol. The van der Waals surface area contributed by atoms with Crippen LogP contribution in [0.3, 0.4) is 0 Å². The third-order valence-electron chi connectivity index (χ3n) is 3.92. The standard InChI is InChI=1S/C14H27NO/c1-4-7-12-8-10-13(11-9-12)15(6-3)14(16)5-2/h12-13H,4-11H2,1-3H3. The van der Waals surface area contributed by atoms with Crippen LogP contribution < -0.4 is 0 Å². The molecule has 1 saturated carbocycles. The first-order chi connectivity index (χ1) is 7.72. The molecule has 0 saturated heterocycles. The van der Waals surface area contributed by atoms with E-state index in [1.165, 1.54) is 38.5 Å². The van der Waals surface area contributed by atoms with Gasteiger partial charge in [0.25, 0.3) is 0 Å². The number of nitrogens with zero attached hydrogens (tertiary/aromatic N) is 1. The van der Waals surface area contributed by atoms with E-state index in [1.807, 2.05) is 6.92 Å². The van der Waals surface area contributed by atoms with Gasteiger partial charge in [0, 0.05) is 19.0 Å². The lowest BCUT2D eigenvalue weighted by Crippen LogP contribution is -2.41. The van der Waals surface area contributed by atoms with Crippen molar-refractivity contribution in [1.29, 1.82) is 0 Å². The van der Waals surface area contributed by atoms with E-state index < -0.39 is 0 Å². The molecule has 16 heavy (non-hydrogen) atoms.